The Hall–Kier alpha value is -2.61. The first-order valence-corrected chi connectivity index (χ1v) is 5.72. The first-order chi connectivity index (χ1) is 9.49. The highest BCUT2D eigenvalue weighted by Crippen LogP contribution is 2.32. The predicted molar refractivity (Wildman–Crippen MR) is 68.5 cm³/mol. The number of hydrogen-bond acceptors (Lipinski definition) is 5. The van der Waals surface area contributed by atoms with Gasteiger partial charge in [-0.2, -0.15) is 15.4 Å². The number of halogens is 1. The van der Waals surface area contributed by atoms with Crippen molar-refractivity contribution in [2.24, 2.45) is 5.73 Å². The largest absolute Gasteiger partial charge is 0.481 e. The third kappa shape index (κ3) is 2.86. The fourth-order valence-electron chi connectivity index (χ4n) is 1.54. The molecule has 4 N–H and O–H groups in total. The fraction of sp³-hybridized carbons (Fsp3) is 0.0909. The van der Waals surface area contributed by atoms with E-state index in [-0.39, 0.29) is 17.1 Å². The monoisotopic (exact) mass is 296 g/mol. The molecule has 0 bridgehead atoms. The van der Waals surface area contributed by atoms with Crippen molar-refractivity contribution in [1.29, 1.82) is 0 Å². The number of rotatable bonds is 5. The molecule has 0 aliphatic carbocycles. The topological polar surface area (TPSA) is 131 Å². The number of benzene rings is 1. The van der Waals surface area contributed by atoms with Gasteiger partial charge in [-0.15, -0.1) is 0 Å². The van der Waals surface area contributed by atoms with Crippen molar-refractivity contribution in [3.8, 4) is 17.0 Å². The smallest absolute Gasteiger partial charge is 0.341 e. The maximum absolute atomic E-state index is 11.3. The van der Waals surface area contributed by atoms with Crippen molar-refractivity contribution >= 4 is 23.5 Å². The van der Waals surface area contributed by atoms with Crippen molar-refractivity contribution in [1.82, 2.24) is 15.4 Å². The summed E-state index contributed by atoms with van der Waals surface area (Å²) in [4.78, 5) is 21.8. The number of carboxylic acids is 1. The summed E-state index contributed by atoms with van der Waals surface area (Å²) >= 11 is 5.88. The molecule has 0 atom stereocenters. The molecular formula is C11H9ClN4O4. The molecule has 104 valence electrons. The molecule has 2 rings (SSSR count). The molecule has 1 aromatic heterocycles. The molecule has 9 heteroatoms. The predicted octanol–water partition coefficient (Wildman–Crippen LogP) is 0.687. The molecule has 0 spiro atoms. The Balaban J connectivity index is 2.48. The standard InChI is InChI=1S/C11H9ClN4O4/c12-5-1-2-7(20-4-8(17)18)6(3-5)9-10(11(13)19)15-16-14-9/h1-3H,4H2,(H2,13,19)(H,17,18)(H,14,15,16). The van der Waals surface area contributed by atoms with Crippen LogP contribution in [0.3, 0.4) is 0 Å². The lowest BCUT2D eigenvalue weighted by molar-refractivity contribution is -0.139. The van der Waals surface area contributed by atoms with Crippen LogP contribution in [0.5, 0.6) is 5.75 Å². The van der Waals surface area contributed by atoms with Crippen LogP contribution in [0.25, 0.3) is 11.3 Å². The lowest BCUT2D eigenvalue weighted by atomic mass is 10.1. The first-order valence-electron chi connectivity index (χ1n) is 5.34. The molecule has 2 aromatic rings. The molecule has 0 fully saturated rings. The summed E-state index contributed by atoms with van der Waals surface area (Å²) in [6.45, 7) is -0.543. The number of nitrogens with one attached hydrogen (secondary N) is 1. The molecule has 0 saturated carbocycles. The van der Waals surface area contributed by atoms with Gasteiger partial charge in [0, 0.05) is 10.6 Å². The van der Waals surface area contributed by atoms with Crippen molar-refractivity contribution in [3.05, 3.63) is 28.9 Å². The normalized spacial score (nSPS) is 10.2. The average molecular weight is 297 g/mol. The van der Waals surface area contributed by atoms with E-state index in [0.717, 1.165) is 0 Å². The second-order valence-electron chi connectivity index (χ2n) is 3.71. The van der Waals surface area contributed by atoms with E-state index in [4.69, 9.17) is 27.2 Å². The number of carboxylic acid groups (broad SMARTS) is 1. The van der Waals surface area contributed by atoms with Gasteiger partial charge in [0.2, 0.25) is 0 Å². The molecule has 0 aliphatic heterocycles. The molecule has 1 aromatic carbocycles. The second kappa shape index (κ2) is 5.57. The number of aromatic nitrogens is 3. The Morgan fingerprint density at radius 1 is 1.40 bits per heavy atom. The van der Waals surface area contributed by atoms with Gasteiger partial charge in [-0.1, -0.05) is 11.6 Å². The van der Waals surface area contributed by atoms with Crippen LogP contribution < -0.4 is 10.5 Å². The van der Waals surface area contributed by atoms with E-state index >= 15 is 0 Å². The number of primary amides is 1. The highest BCUT2D eigenvalue weighted by Gasteiger charge is 2.19. The van der Waals surface area contributed by atoms with Crippen LogP contribution in [0.4, 0.5) is 0 Å². The quantitative estimate of drug-likeness (QED) is 0.743. The van der Waals surface area contributed by atoms with Gasteiger partial charge in [-0.3, -0.25) is 4.79 Å². The fourth-order valence-corrected chi connectivity index (χ4v) is 1.72. The van der Waals surface area contributed by atoms with Crippen LogP contribution >= 0.6 is 11.6 Å². The van der Waals surface area contributed by atoms with Crippen molar-refractivity contribution in [2.45, 2.75) is 0 Å². The summed E-state index contributed by atoms with van der Waals surface area (Å²) in [6, 6.07) is 4.47. The SMILES string of the molecule is NC(=O)c1n[nH]nc1-c1cc(Cl)ccc1OCC(=O)O. The van der Waals surface area contributed by atoms with E-state index in [1.54, 1.807) is 0 Å². The van der Waals surface area contributed by atoms with Gasteiger partial charge >= 0.3 is 5.97 Å². The molecule has 0 radical (unpaired) electrons. The molecule has 1 amide bonds. The van der Waals surface area contributed by atoms with Gasteiger partial charge in [0.1, 0.15) is 11.4 Å². The van der Waals surface area contributed by atoms with E-state index in [2.05, 4.69) is 15.4 Å². The summed E-state index contributed by atoms with van der Waals surface area (Å²) < 4.78 is 5.12. The van der Waals surface area contributed by atoms with Gasteiger partial charge in [0.25, 0.3) is 5.91 Å². The molecular weight excluding hydrogens is 288 g/mol. The Morgan fingerprint density at radius 2 is 2.15 bits per heavy atom. The molecule has 0 aliphatic rings. The Labute approximate surface area is 117 Å². The van der Waals surface area contributed by atoms with Crippen LogP contribution in [-0.4, -0.2) is 39.0 Å². The first kappa shape index (κ1) is 13.8. The second-order valence-corrected chi connectivity index (χ2v) is 4.14. The van der Waals surface area contributed by atoms with E-state index in [1.165, 1.54) is 18.2 Å². The van der Waals surface area contributed by atoms with E-state index in [0.29, 0.717) is 10.6 Å². The van der Waals surface area contributed by atoms with Gasteiger partial charge in [0.05, 0.1) is 0 Å². The number of nitrogens with two attached hydrogens (primary N) is 1. The molecule has 20 heavy (non-hydrogen) atoms. The van der Waals surface area contributed by atoms with Crippen molar-refractivity contribution in [2.75, 3.05) is 6.61 Å². The minimum absolute atomic E-state index is 0.0903. The number of nitrogens with zero attached hydrogens (tertiary/aromatic N) is 2. The summed E-state index contributed by atoms with van der Waals surface area (Å²) in [7, 11) is 0. The van der Waals surface area contributed by atoms with Gasteiger partial charge in [-0.05, 0) is 18.2 Å². The number of ether oxygens (including phenoxy) is 1. The Kier molecular flexibility index (Phi) is 3.85. The van der Waals surface area contributed by atoms with Crippen molar-refractivity contribution < 1.29 is 19.4 Å². The molecule has 8 nitrogen and oxygen atoms in total. The minimum atomic E-state index is -1.14. The number of carbonyl (C=O) groups excluding carboxylic acids is 1. The zero-order chi connectivity index (χ0) is 14.7. The number of amides is 1. The average Bonchev–Trinajstić information content (AvgIpc) is 2.86. The summed E-state index contributed by atoms with van der Waals surface area (Å²) in [6.07, 6.45) is 0. The zero-order valence-corrected chi connectivity index (χ0v) is 10.7. The van der Waals surface area contributed by atoms with Gasteiger partial charge in [-0.25, -0.2) is 4.79 Å². The van der Waals surface area contributed by atoms with Gasteiger partial charge in [0.15, 0.2) is 12.3 Å². The summed E-state index contributed by atoms with van der Waals surface area (Å²) in [5.41, 5.74) is 5.55. The third-order valence-electron chi connectivity index (χ3n) is 2.33. The molecule has 1 heterocycles. The van der Waals surface area contributed by atoms with Crippen LogP contribution in [0.15, 0.2) is 18.2 Å². The van der Waals surface area contributed by atoms with Gasteiger partial charge < -0.3 is 15.6 Å². The summed E-state index contributed by atoms with van der Waals surface area (Å²) in [5.74, 6) is -1.72. The van der Waals surface area contributed by atoms with Crippen LogP contribution in [0, 0.1) is 0 Å². The number of aromatic amines is 1. The zero-order valence-electron chi connectivity index (χ0n) is 9.96. The third-order valence-corrected chi connectivity index (χ3v) is 2.56. The maximum atomic E-state index is 11.3. The number of H-pyrrole nitrogens is 1. The Bertz CT molecular complexity index is 670. The van der Waals surface area contributed by atoms with Crippen molar-refractivity contribution in [3.63, 3.8) is 0 Å². The lowest BCUT2D eigenvalue weighted by Crippen LogP contribution is -2.13. The van der Waals surface area contributed by atoms with Crippen LogP contribution in [0.2, 0.25) is 5.02 Å². The minimum Gasteiger partial charge on any atom is -0.481 e. The van der Waals surface area contributed by atoms with E-state index in [9.17, 15) is 9.59 Å². The molecule has 0 unspecified atom stereocenters. The molecule has 0 saturated heterocycles. The van der Waals surface area contributed by atoms with Crippen LogP contribution in [-0.2, 0) is 4.79 Å². The number of hydrogen-bond donors (Lipinski definition) is 3. The highest BCUT2D eigenvalue weighted by molar-refractivity contribution is 6.31. The highest BCUT2D eigenvalue weighted by atomic mass is 35.5. The van der Waals surface area contributed by atoms with E-state index in [1.807, 2.05) is 0 Å². The Morgan fingerprint density at radius 3 is 2.80 bits per heavy atom. The number of carbonyl (C=O) groups is 2. The van der Waals surface area contributed by atoms with Crippen LogP contribution in [0.1, 0.15) is 10.5 Å². The van der Waals surface area contributed by atoms with E-state index < -0.39 is 18.5 Å². The maximum Gasteiger partial charge on any atom is 0.341 e. The lowest BCUT2D eigenvalue weighted by Gasteiger charge is -2.09. The number of aliphatic carboxylic acids is 1. The summed E-state index contributed by atoms with van der Waals surface area (Å²) in [5, 5.41) is 18.7.